The van der Waals surface area contributed by atoms with Crippen LogP contribution in [-0.2, 0) is 6.61 Å². The monoisotopic (exact) mass is 322 g/mol. The highest BCUT2D eigenvalue weighted by molar-refractivity contribution is 5.58. The van der Waals surface area contributed by atoms with E-state index in [2.05, 4.69) is 9.97 Å². The van der Waals surface area contributed by atoms with Crippen LogP contribution >= 0.6 is 0 Å². The molecule has 0 aliphatic rings. The summed E-state index contributed by atoms with van der Waals surface area (Å²) < 4.78 is 15.5. The standard InChI is InChI=1S/C13H14N4O6/c1-21-10-3-8(17(19)20)9(4-11(10)22-2)23-6-7-5-15-13(18)16-12(7)14/h3-5H,6H2,1-2H3,(H3,14,15,16,18). The number of hydrogen-bond acceptors (Lipinski definition) is 8. The first kappa shape index (κ1) is 16.1. The van der Waals surface area contributed by atoms with Crippen LogP contribution in [-0.4, -0.2) is 29.1 Å². The van der Waals surface area contributed by atoms with Crippen LogP contribution in [0, 0.1) is 10.1 Å². The molecule has 23 heavy (non-hydrogen) atoms. The first-order chi connectivity index (χ1) is 11.0. The van der Waals surface area contributed by atoms with Gasteiger partial charge < -0.3 is 19.9 Å². The molecule has 0 aliphatic carbocycles. The van der Waals surface area contributed by atoms with Crippen molar-refractivity contribution in [1.29, 1.82) is 0 Å². The van der Waals surface area contributed by atoms with Crippen LogP contribution < -0.4 is 25.6 Å². The van der Waals surface area contributed by atoms with E-state index in [9.17, 15) is 14.9 Å². The number of methoxy groups -OCH3 is 2. The number of nitrogens with zero attached hydrogens (tertiary/aromatic N) is 2. The molecular weight excluding hydrogens is 308 g/mol. The Hall–Kier alpha value is -3.30. The van der Waals surface area contributed by atoms with Crippen LogP contribution in [0.4, 0.5) is 11.5 Å². The summed E-state index contributed by atoms with van der Waals surface area (Å²) in [7, 11) is 2.77. The molecule has 0 saturated carbocycles. The number of nitro benzene ring substituents is 1. The molecule has 1 aromatic heterocycles. The first-order valence-electron chi connectivity index (χ1n) is 6.33. The number of benzene rings is 1. The zero-order chi connectivity index (χ0) is 17.0. The number of rotatable bonds is 6. The molecule has 0 fully saturated rings. The molecule has 1 aromatic carbocycles. The van der Waals surface area contributed by atoms with Gasteiger partial charge in [0.1, 0.15) is 12.4 Å². The molecule has 0 unspecified atom stereocenters. The van der Waals surface area contributed by atoms with E-state index in [1.165, 1.54) is 32.5 Å². The summed E-state index contributed by atoms with van der Waals surface area (Å²) in [5.74, 6) is 0.531. The highest BCUT2D eigenvalue weighted by atomic mass is 16.6. The van der Waals surface area contributed by atoms with Gasteiger partial charge in [-0.3, -0.25) is 15.1 Å². The minimum Gasteiger partial charge on any atom is -0.493 e. The number of nitrogens with two attached hydrogens (primary N) is 1. The largest absolute Gasteiger partial charge is 0.493 e. The molecule has 0 spiro atoms. The van der Waals surface area contributed by atoms with E-state index in [0.29, 0.717) is 5.56 Å². The smallest absolute Gasteiger partial charge is 0.346 e. The normalized spacial score (nSPS) is 10.2. The van der Waals surface area contributed by atoms with Gasteiger partial charge in [0.25, 0.3) is 0 Å². The lowest BCUT2D eigenvalue weighted by Gasteiger charge is -2.12. The van der Waals surface area contributed by atoms with Gasteiger partial charge in [-0.15, -0.1) is 0 Å². The van der Waals surface area contributed by atoms with Gasteiger partial charge in [0.05, 0.1) is 25.2 Å². The van der Waals surface area contributed by atoms with E-state index in [1.54, 1.807) is 0 Å². The molecule has 0 bridgehead atoms. The second-order valence-electron chi connectivity index (χ2n) is 4.35. The topological polar surface area (TPSA) is 143 Å². The zero-order valence-corrected chi connectivity index (χ0v) is 12.4. The van der Waals surface area contributed by atoms with E-state index >= 15 is 0 Å². The lowest BCUT2D eigenvalue weighted by Crippen LogP contribution is -2.15. The molecule has 1 heterocycles. The van der Waals surface area contributed by atoms with Crippen LogP contribution in [0.25, 0.3) is 0 Å². The maximum atomic E-state index is 11.2. The van der Waals surface area contributed by atoms with Gasteiger partial charge in [-0.25, -0.2) is 9.78 Å². The Morgan fingerprint density at radius 3 is 2.48 bits per heavy atom. The second-order valence-corrected chi connectivity index (χ2v) is 4.35. The van der Waals surface area contributed by atoms with Gasteiger partial charge in [-0.05, 0) is 0 Å². The summed E-state index contributed by atoms with van der Waals surface area (Å²) in [6, 6.07) is 2.54. The fraction of sp³-hybridized carbons (Fsp3) is 0.231. The van der Waals surface area contributed by atoms with Crippen LogP contribution in [0.15, 0.2) is 23.1 Å². The van der Waals surface area contributed by atoms with Crippen molar-refractivity contribution in [2.75, 3.05) is 20.0 Å². The van der Waals surface area contributed by atoms with Crippen LogP contribution in [0.2, 0.25) is 0 Å². The number of nitro groups is 1. The molecule has 0 amide bonds. The molecular formula is C13H14N4O6. The molecule has 3 N–H and O–H groups in total. The third kappa shape index (κ3) is 3.48. The fourth-order valence-corrected chi connectivity index (χ4v) is 1.81. The average Bonchev–Trinajstić information content (AvgIpc) is 2.53. The van der Waals surface area contributed by atoms with E-state index < -0.39 is 10.6 Å². The van der Waals surface area contributed by atoms with E-state index in [4.69, 9.17) is 19.9 Å². The third-order valence-corrected chi connectivity index (χ3v) is 2.97. The molecule has 2 rings (SSSR count). The molecule has 0 saturated heterocycles. The number of H-pyrrole nitrogens is 1. The highest BCUT2D eigenvalue weighted by Gasteiger charge is 2.21. The van der Waals surface area contributed by atoms with Gasteiger partial charge in [0, 0.05) is 17.8 Å². The number of hydrogen-bond donors (Lipinski definition) is 2. The maximum Gasteiger partial charge on any atom is 0.346 e. The molecule has 0 radical (unpaired) electrons. The number of ether oxygens (including phenoxy) is 3. The van der Waals surface area contributed by atoms with Gasteiger partial charge in [-0.2, -0.15) is 0 Å². The second kappa shape index (κ2) is 6.64. The van der Waals surface area contributed by atoms with Crippen molar-refractivity contribution in [2.24, 2.45) is 0 Å². The number of anilines is 1. The highest BCUT2D eigenvalue weighted by Crippen LogP contribution is 2.39. The van der Waals surface area contributed by atoms with E-state index in [1.807, 2.05) is 0 Å². The van der Waals surface area contributed by atoms with Crippen molar-refractivity contribution < 1.29 is 19.1 Å². The zero-order valence-electron chi connectivity index (χ0n) is 12.4. The van der Waals surface area contributed by atoms with Crippen molar-refractivity contribution in [1.82, 2.24) is 9.97 Å². The van der Waals surface area contributed by atoms with Crippen molar-refractivity contribution in [2.45, 2.75) is 6.61 Å². The minimum atomic E-state index is -0.605. The number of nitrogens with one attached hydrogen (secondary N) is 1. The molecule has 0 atom stereocenters. The molecule has 2 aromatic rings. The fourth-order valence-electron chi connectivity index (χ4n) is 1.81. The predicted molar refractivity (Wildman–Crippen MR) is 79.8 cm³/mol. The Balaban J connectivity index is 2.34. The van der Waals surface area contributed by atoms with Crippen LogP contribution in [0.3, 0.4) is 0 Å². The van der Waals surface area contributed by atoms with Crippen molar-refractivity contribution in [3.05, 3.63) is 44.5 Å². The predicted octanol–water partition coefficient (Wildman–Crippen LogP) is 0.857. The Morgan fingerprint density at radius 2 is 1.91 bits per heavy atom. The number of aromatic nitrogens is 2. The van der Waals surface area contributed by atoms with Gasteiger partial charge in [0.15, 0.2) is 11.5 Å². The lowest BCUT2D eigenvalue weighted by atomic mass is 10.2. The third-order valence-electron chi connectivity index (χ3n) is 2.97. The summed E-state index contributed by atoms with van der Waals surface area (Å²) >= 11 is 0. The minimum absolute atomic E-state index is 0.0294. The van der Waals surface area contributed by atoms with E-state index in [0.717, 1.165) is 0 Å². The molecule has 0 aliphatic heterocycles. The summed E-state index contributed by atoms with van der Waals surface area (Å²) in [4.78, 5) is 27.4. The lowest BCUT2D eigenvalue weighted by molar-refractivity contribution is -0.386. The van der Waals surface area contributed by atoms with Crippen molar-refractivity contribution in [3.8, 4) is 17.2 Å². The molecule has 10 heteroatoms. The summed E-state index contributed by atoms with van der Waals surface area (Å²) in [5, 5.41) is 11.2. The SMILES string of the molecule is COc1cc(OCc2cnc(=O)[nH]c2N)c([N+](=O)[O-])cc1OC. The Bertz CT molecular complexity index is 789. The summed E-state index contributed by atoms with van der Waals surface area (Å²) in [6.07, 6.45) is 1.24. The Kier molecular flexibility index (Phi) is 4.64. The summed E-state index contributed by atoms with van der Waals surface area (Å²) in [6.45, 7) is -0.119. The van der Waals surface area contributed by atoms with Crippen LogP contribution in [0.1, 0.15) is 5.56 Å². The van der Waals surface area contributed by atoms with Crippen LogP contribution in [0.5, 0.6) is 17.2 Å². The van der Waals surface area contributed by atoms with E-state index in [-0.39, 0.29) is 35.4 Å². The van der Waals surface area contributed by atoms with Gasteiger partial charge >= 0.3 is 11.4 Å². The molecule has 122 valence electrons. The van der Waals surface area contributed by atoms with Gasteiger partial charge in [0.2, 0.25) is 5.75 Å². The Labute approximate surface area is 130 Å². The maximum absolute atomic E-state index is 11.2. The number of aromatic amines is 1. The van der Waals surface area contributed by atoms with Crippen molar-refractivity contribution >= 4 is 11.5 Å². The quantitative estimate of drug-likeness (QED) is 0.588. The first-order valence-corrected chi connectivity index (χ1v) is 6.33. The Morgan fingerprint density at radius 1 is 1.26 bits per heavy atom. The average molecular weight is 322 g/mol. The van der Waals surface area contributed by atoms with Gasteiger partial charge in [-0.1, -0.05) is 0 Å². The molecule has 10 nitrogen and oxygen atoms in total. The van der Waals surface area contributed by atoms with Crippen molar-refractivity contribution in [3.63, 3.8) is 0 Å². The number of nitrogen functional groups attached to an aromatic ring is 1. The summed E-state index contributed by atoms with van der Waals surface area (Å²) in [5.41, 5.74) is 5.13.